The normalized spacial score (nSPS) is 12.4. The monoisotopic (exact) mass is 496 g/mol. The molecule has 0 radical (unpaired) electrons. The van der Waals surface area contributed by atoms with Crippen molar-refractivity contribution in [3.8, 4) is 17.1 Å². The van der Waals surface area contributed by atoms with Crippen molar-refractivity contribution < 1.29 is 9.90 Å². The van der Waals surface area contributed by atoms with Crippen molar-refractivity contribution in [3.63, 3.8) is 0 Å². The second-order valence-electron chi connectivity index (χ2n) is 8.14. The van der Waals surface area contributed by atoms with Crippen LogP contribution in [0.5, 0.6) is 5.75 Å². The first kappa shape index (κ1) is 21.8. The predicted octanol–water partition coefficient (Wildman–Crippen LogP) is 6.26. The van der Waals surface area contributed by atoms with E-state index < -0.39 is 0 Å². The molecule has 172 valence electrons. The Balaban J connectivity index is 1.28. The highest BCUT2D eigenvalue weighted by Gasteiger charge is 2.28. The number of nitrogens with zero attached hydrogens (tertiary/aromatic N) is 4. The van der Waals surface area contributed by atoms with E-state index in [-0.39, 0.29) is 17.4 Å². The van der Waals surface area contributed by atoms with Crippen LogP contribution in [0.25, 0.3) is 22.2 Å². The Kier molecular flexibility index (Phi) is 5.47. The summed E-state index contributed by atoms with van der Waals surface area (Å²) < 4.78 is 1.82. The average Bonchev–Trinajstić information content (AvgIpc) is 3.25. The molecule has 0 saturated carbocycles. The molecule has 1 amide bonds. The SMILES string of the molecule is Cn1c(SCC(=O)N2c3ccccc3Sc3ccccc32)nnc1-c1cc2ccccc2cc1O. The number of rotatable bonds is 4. The van der Waals surface area contributed by atoms with Gasteiger partial charge in [0.25, 0.3) is 0 Å². The summed E-state index contributed by atoms with van der Waals surface area (Å²) in [5.41, 5.74) is 2.39. The minimum absolute atomic E-state index is 0.0340. The Morgan fingerprint density at radius 1 is 0.886 bits per heavy atom. The Morgan fingerprint density at radius 2 is 1.49 bits per heavy atom. The van der Waals surface area contributed by atoms with Crippen molar-refractivity contribution >= 4 is 51.6 Å². The summed E-state index contributed by atoms with van der Waals surface area (Å²) in [7, 11) is 1.85. The fourth-order valence-corrected chi connectivity index (χ4v) is 6.06. The van der Waals surface area contributed by atoms with Crippen LogP contribution in [0.15, 0.2) is 99.9 Å². The Morgan fingerprint density at radius 3 is 2.17 bits per heavy atom. The quantitative estimate of drug-likeness (QED) is 0.296. The van der Waals surface area contributed by atoms with E-state index in [0.29, 0.717) is 16.5 Å². The molecule has 0 atom stereocenters. The number of carbonyl (C=O) groups is 1. The minimum Gasteiger partial charge on any atom is -0.507 e. The molecule has 0 fully saturated rings. The zero-order chi connectivity index (χ0) is 23.9. The lowest BCUT2D eigenvalue weighted by atomic mass is 10.1. The average molecular weight is 497 g/mol. The number of thioether (sulfide) groups is 1. The Labute approximate surface area is 210 Å². The lowest BCUT2D eigenvalue weighted by Crippen LogP contribution is -2.30. The van der Waals surface area contributed by atoms with Gasteiger partial charge in [0.1, 0.15) is 5.75 Å². The van der Waals surface area contributed by atoms with Crippen molar-refractivity contribution in [1.29, 1.82) is 0 Å². The van der Waals surface area contributed by atoms with Gasteiger partial charge in [0.15, 0.2) is 11.0 Å². The van der Waals surface area contributed by atoms with Gasteiger partial charge >= 0.3 is 0 Å². The highest BCUT2D eigenvalue weighted by molar-refractivity contribution is 8.00. The van der Waals surface area contributed by atoms with Gasteiger partial charge in [-0.05, 0) is 47.2 Å². The zero-order valence-corrected chi connectivity index (χ0v) is 20.4. The van der Waals surface area contributed by atoms with E-state index in [9.17, 15) is 9.90 Å². The molecule has 1 N–H and O–H groups in total. The third-order valence-electron chi connectivity index (χ3n) is 5.95. The Bertz CT molecular complexity index is 1550. The van der Waals surface area contributed by atoms with Gasteiger partial charge in [0, 0.05) is 16.8 Å². The summed E-state index contributed by atoms with van der Waals surface area (Å²) in [6.07, 6.45) is 0. The summed E-state index contributed by atoms with van der Waals surface area (Å²) in [6.45, 7) is 0. The van der Waals surface area contributed by atoms with Crippen LogP contribution in [-0.4, -0.2) is 31.5 Å². The number of aromatic nitrogens is 3. The first-order valence-electron chi connectivity index (χ1n) is 11.0. The van der Waals surface area contributed by atoms with Gasteiger partial charge in [-0.2, -0.15) is 0 Å². The zero-order valence-electron chi connectivity index (χ0n) is 18.8. The number of aromatic hydroxyl groups is 1. The number of phenols is 1. The fraction of sp³-hybridized carbons (Fsp3) is 0.0741. The van der Waals surface area contributed by atoms with E-state index in [0.717, 1.165) is 31.9 Å². The number of amides is 1. The van der Waals surface area contributed by atoms with Crippen LogP contribution >= 0.6 is 23.5 Å². The van der Waals surface area contributed by atoms with Gasteiger partial charge in [-0.15, -0.1) is 10.2 Å². The van der Waals surface area contributed by atoms with Gasteiger partial charge in [0.2, 0.25) is 5.91 Å². The van der Waals surface area contributed by atoms with Crippen molar-refractivity contribution in [3.05, 3.63) is 84.9 Å². The molecule has 1 aromatic heterocycles. The van der Waals surface area contributed by atoms with Gasteiger partial charge in [-0.1, -0.05) is 72.1 Å². The molecular formula is C27H20N4O2S2. The molecule has 6 nitrogen and oxygen atoms in total. The van der Waals surface area contributed by atoms with Crippen LogP contribution < -0.4 is 4.90 Å². The van der Waals surface area contributed by atoms with E-state index >= 15 is 0 Å². The number of anilines is 2. The molecule has 8 heteroatoms. The summed E-state index contributed by atoms with van der Waals surface area (Å²) >= 11 is 3.01. The summed E-state index contributed by atoms with van der Waals surface area (Å²) in [4.78, 5) is 17.4. The van der Waals surface area contributed by atoms with Crippen molar-refractivity contribution in [2.24, 2.45) is 7.05 Å². The van der Waals surface area contributed by atoms with Crippen molar-refractivity contribution in [2.75, 3.05) is 10.7 Å². The smallest absolute Gasteiger partial charge is 0.242 e. The van der Waals surface area contributed by atoms with Crippen LogP contribution in [0.4, 0.5) is 11.4 Å². The minimum atomic E-state index is -0.0340. The molecule has 6 rings (SSSR count). The van der Waals surface area contributed by atoms with Crippen LogP contribution in [0, 0.1) is 0 Å². The Hall–Kier alpha value is -3.75. The molecule has 1 aliphatic rings. The number of fused-ring (bicyclic) bond motifs is 3. The largest absolute Gasteiger partial charge is 0.507 e. The molecule has 4 aromatic carbocycles. The van der Waals surface area contributed by atoms with E-state index in [2.05, 4.69) is 10.2 Å². The van der Waals surface area contributed by atoms with Gasteiger partial charge in [0.05, 0.1) is 22.7 Å². The third-order valence-corrected chi connectivity index (χ3v) is 8.08. The lowest BCUT2D eigenvalue weighted by Gasteiger charge is -2.30. The van der Waals surface area contributed by atoms with E-state index in [4.69, 9.17) is 0 Å². The molecule has 2 heterocycles. The molecule has 0 bridgehead atoms. The van der Waals surface area contributed by atoms with Gasteiger partial charge in [-0.25, -0.2) is 0 Å². The molecular weight excluding hydrogens is 476 g/mol. The van der Waals surface area contributed by atoms with Crippen LogP contribution in [0.1, 0.15) is 0 Å². The van der Waals surface area contributed by atoms with Gasteiger partial charge < -0.3 is 9.67 Å². The highest BCUT2D eigenvalue weighted by Crippen LogP contribution is 2.48. The second-order valence-corrected chi connectivity index (χ2v) is 10.2. The molecule has 0 aliphatic carbocycles. The topological polar surface area (TPSA) is 71.2 Å². The number of hydrogen-bond acceptors (Lipinski definition) is 6. The highest BCUT2D eigenvalue weighted by atomic mass is 32.2. The number of carbonyl (C=O) groups excluding carboxylic acids is 1. The number of phenolic OH excluding ortho intramolecular Hbond substituents is 1. The van der Waals surface area contributed by atoms with E-state index in [1.54, 1.807) is 22.7 Å². The number of para-hydroxylation sites is 2. The van der Waals surface area contributed by atoms with Crippen LogP contribution in [0.2, 0.25) is 0 Å². The molecule has 35 heavy (non-hydrogen) atoms. The number of hydrogen-bond donors (Lipinski definition) is 1. The third kappa shape index (κ3) is 3.84. The number of benzene rings is 4. The van der Waals surface area contributed by atoms with Crippen LogP contribution in [0.3, 0.4) is 0 Å². The maximum atomic E-state index is 13.5. The van der Waals surface area contributed by atoms with Crippen molar-refractivity contribution in [1.82, 2.24) is 14.8 Å². The summed E-state index contributed by atoms with van der Waals surface area (Å²) in [6, 6.07) is 27.4. The summed E-state index contributed by atoms with van der Waals surface area (Å²) in [5, 5.41) is 21.8. The maximum Gasteiger partial charge on any atom is 0.242 e. The van der Waals surface area contributed by atoms with Gasteiger partial charge in [-0.3, -0.25) is 9.69 Å². The molecule has 5 aromatic rings. The first-order valence-corrected chi connectivity index (χ1v) is 12.8. The molecule has 0 unspecified atom stereocenters. The van der Waals surface area contributed by atoms with Crippen molar-refractivity contribution in [2.45, 2.75) is 14.9 Å². The second kappa shape index (κ2) is 8.79. The maximum absolute atomic E-state index is 13.5. The molecule has 0 saturated heterocycles. The van der Waals surface area contributed by atoms with Crippen LogP contribution in [-0.2, 0) is 11.8 Å². The summed E-state index contributed by atoms with van der Waals surface area (Å²) in [5.74, 6) is 0.857. The molecule has 1 aliphatic heterocycles. The lowest BCUT2D eigenvalue weighted by molar-refractivity contribution is -0.115. The van der Waals surface area contributed by atoms with E-state index in [1.165, 1.54) is 11.8 Å². The standard InChI is InChI=1S/C27H20N4O2S2/c1-30-26(19-14-17-8-2-3-9-18(17)15-22(19)32)28-29-27(30)34-16-25(33)31-20-10-4-6-12-23(20)35-24-13-7-5-11-21(24)31/h2-15,32H,16H2,1H3. The fourth-order valence-electron chi connectivity index (χ4n) is 4.25. The molecule has 0 spiro atoms. The van der Waals surface area contributed by atoms with E-state index in [1.807, 2.05) is 90.5 Å². The predicted molar refractivity (Wildman–Crippen MR) is 140 cm³/mol. The first-order chi connectivity index (χ1) is 17.1.